The third-order valence-electron chi connectivity index (χ3n) is 4.04. The fourth-order valence-electron chi connectivity index (χ4n) is 2.90. The van der Waals surface area contributed by atoms with E-state index < -0.39 is 0 Å². The van der Waals surface area contributed by atoms with Crippen molar-refractivity contribution < 1.29 is 9.32 Å². The van der Waals surface area contributed by atoms with Gasteiger partial charge in [0, 0.05) is 37.3 Å². The molecular weight excluding hydrogens is 282 g/mol. The van der Waals surface area contributed by atoms with Crippen LogP contribution in [0.2, 0.25) is 0 Å². The Balaban J connectivity index is 1.68. The van der Waals surface area contributed by atoms with E-state index in [2.05, 4.69) is 15.2 Å². The van der Waals surface area contributed by atoms with Crippen molar-refractivity contribution in [3.05, 3.63) is 46.7 Å². The van der Waals surface area contributed by atoms with Crippen LogP contribution in [0.5, 0.6) is 0 Å². The fourth-order valence-corrected chi connectivity index (χ4v) is 2.90. The number of rotatable bonds is 1. The van der Waals surface area contributed by atoms with Gasteiger partial charge in [0.2, 0.25) is 0 Å². The van der Waals surface area contributed by atoms with Gasteiger partial charge in [0.05, 0.1) is 17.6 Å². The van der Waals surface area contributed by atoms with E-state index in [-0.39, 0.29) is 5.91 Å². The highest BCUT2D eigenvalue weighted by molar-refractivity contribution is 5.94. The van der Waals surface area contributed by atoms with E-state index in [0.29, 0.717) is 24.4 Å². The number of carbonyl (C=O) groups excluding carboxylic acids is 1. The second-order valence-corrected chi connectivity index (χ2v) is 5.56. The fraction of sp³-hybridized carbons (Fsp3) is 0.333. The lowest BCUT2D eigenvalue weighted by atomic mass is 10.1. The van der Waals surface area contributed by atoms with Gasteiger partial charge in [-0.3, -0.25) is 4.79 Å². The van der Waals surface area contributed by atoms with E-state index in [4.69, 9.17) is 4.52 Å². The minimum absolute atomic E-state index is 0.0545. The zero-order valence-corrected chi connectivity index (χ0v) is 12.4. The standard InChI is InChI=1S/C15H15N5O2/c1-9-5-14-16-6-11-8-19(4-3-13(11)20(14)18-9)15(21)12-7-17-22-10(12)2/h5-7H,3-4,8H2,1-2H3. The van der Waals surface area contributed by atoms with E-state index in [1.165, 1.54) is 6.20 Å². The van der Waals surface area contributed by atoms with Crippen LogP contribution in [0.4, 0.5) is 0 Å². The largest absolute Gasteiger partial charge is 0.361 e. The van der Waals surface area contributed by atoms with Gasteiger partial charge in [-0.05, 0) is 13.8 Å². The molecule has 0 unspecified atom stereocenters. The molecule has 4 heterocycles. The molecule has 0 saturated heterocycles. The predicted octanol–water partition coefficient (Wildman–Crippen LogP) is 1.53. The molecule has 1 aliphatic heterocycles. The van der Waals surface area contributed by atoms with Crippen LogP contribution < -0.4 is 0 Å². The molecular formula is C15H15N5O2. The molecule has 0 aliphatic carbocycles. The minimum atomic E-state index is -0.0545. The molecule has 4 rings (SSSR count). The zero-order chi connectivity index (χ0) is 15.3. The Kier molecular flexibility index (Phi) is 2.75. The first-order valence-corrected chi connectivity index (χ1v) is 7.17. The Morgan fingerprint density at radius 3 is 2.95 bits per heavy atom. The number of hydrogen-bond acceptors (Lipinski definition) is 5. The monoisotopic (exact) mass is 297 g/mol. The SMILES string of the molecule is Cc1cc2ncc3c(n2n1)CCN(C(=O)c1cnoc1C)C3. The summed E-state index contributed by atoms with van der Waals surface area (Å²) >= 11 is 0. The van der Waals surface area contributed by atoms with E-state index in [1.54, 1.807) is 11.8 Å². The van der Waals surface area contributed by atoms with Gasteiger partial charge in [-0.15, -0.1) is 0 Å². The Labute approximate surface area is 126 Å². The highest BCUT2D eigenvalue weighted by atomic mass is 16.5. The Hall–Kier alpha value is -2.70. The molecule has 7 nitrogen and oxygen atoms in total. The molecule has 0 radical (unpaired) electrons. The van der Waals surface area contributed by atoms with Crippen LogP contribution in [0.25, 0.3) is 5.65 Å². The molecule has 22 heavy (non-hydrogen) atoms. The highest BCUT2D eigenvalue weighted by Crippen LogP contribution is 2.22. The van der Waals surface area contributed by atoms with Gasteiger partial charge in [-0.1, -0.05) is 5.16 Å². The minimum Gasteiger partial charge on any atom is -0.361 e. The molecule has 0 bridgehead atoms. The maximum absolute atomic E-state index is 12.5. The molecule has 0 fully saturated rings. The maximum atomic E-state index is 12.5. The quantitative estimate of drug-likeness (QED) is 0.681. The maximum Gasteiger partial charge on any atom is 0.259 e. The molecule has 0 atom stereocenters. The summed E-state index contributed by atoms with van der Waals surface area (Å²) in [6, 6.07) is 1.96. The van der Waals surface area contributed by atoms with Crippen molar-refractivity contribution in [3.8, 4) is 0 Å². The zero-order valence-electron chi connectivity index (χ0n) is 12.4. The van der Waals surface area contributed by atoms with Crippen molar-refractivity contribution in [1.82, 2.24) is 24.7 Å². The summed E-state index contributed by atoms with van der Waals surface area (Å²) in [4.78, 5) is 18.8. The van der Waals surface area contributed by atoms with Crippen LogP contribution in [-0.4, -0.2) is 37.1 Å². The number of hydrogen-bond donors (Lipinski definition) is 0. The van der Waals surface area contributed by atoms with Gasteiger partial charge < -0.3 is 9.42 Å². The first kappa shape index (κ1) is 13.0. The Morgan fingerprint density at radius 1 is 1.32 bits per heavy atom. The average Bonchev–Trinajstić information content (AvgIpc) is 3.10. The number of carbonyl (C=O) groups is 1. The van der Waals surface area contributed by atoms with Gasteiger partial charge in [0.25, 0.3) is 5.91 Å². The summed E-state index contributed by atoms with van der Waals surface area (Å²) in [5.41, 5.74) is 4.48. The van der Waals surface area contributed by atoms with Crippen LogP contribution in [0.15, 0.2) is 23.0 Å². The van der Waals surface area contributed by atoms with E-state index in [9.17, 15) is 4.79 Å². The van der Waals surface area contributed by atoms with Crippen molar-refractivity contribution in [2.75, 3.05) is 6.54 Å². The molecule has 7 heteroatoms. The Bertz CT molecular complexity index is 879. The van der Waals surface area contributed by atoms with E-state index in [0.717, 1.165) is 29.0 Å². The highest BCUT2D eigenvalue weighted by Gasteiger charge is 2.26. The lowest BCUT2D eigenvalue weighted by Gasteiger charge is -2.28. The first-order valence-electron chi connectivity index (χ1n) is 7.17. The molecule has 1 amide bonds. The second kappa shape index (κ2) is 4.66. The van der Waals surface area contributed by atoms with Crippen molar-refractivity contribution in [2.45, 2.75) is 26.8 Å². The van der Waals surface area contributed by atoms with Crippen molar-refractivity contribution in [3.63, 3.8) is 0 Å². The first-order chi connectivity index (χ1) is 10.6. The lowest BCUT2D eigenvalue weighted by Crippen LogP contribution is -2.37. The number of aryl methyl sites for hydroxylation is 2. The number of aromatic nitrogens is 4. The summed E-state index contributed by atoms with van der Waals surface area (Å²) < 4.78 is 6.87. The number of nitrogens with zero attached hydrogens (tertiary/aromatic N) is 5. The molecule has 0 N–H and O–H groups in total. The second-order valence-electron chi connectivity index (χ2n) is 5.56. The van der Waals surface area contributed by atoms with Crippen LogP contribution in [0, 0.1) is 13.8 Å². The van der Waals surface area contributed by atoms with Crippen LogP contribution >= 0.6 is 0 Å². The van der Waals surface area contributed by atoms with Crippen LogP contribution in [0.3, 0.4) is 0 Å². The molecule has 3 aromatic heterocycles. The molecule has 0 spiro atoms. The summed E-state index contributed by atoms with van der Waals surface area (Å²) in [7, 11) is 0. The third kappa shape index (κ3) is 1.89. The van der Waals surface area contributed by atoms with E-state index >= 15 is 0 Å². The van der Waals surface area contributed by atoms with Crippen LogP contribution in [-0.2, 0) is 13.0 Å². The lowest BCUT2D eigenvalue weighted by molar-refractivity contribution is 0.0731. The third-order valence-corrected chi connectivity index (χ3v) is 4.04. The molecule has 112 valence electrons. The smallest absolute Gasteiger partial charge is 0.259 e. The van der Waals surface area contributed by atoms with Gasteiger partial charge in [-0.2, -0.15) is 5.10 Å². The summed E-state index contributed by atoms with van der Waals surface area (Å²) in [6.45, 7) is 4.87. The van der Waals surface area contributed by atoms with Crippen LogP contribution in [0.1, 0.15) is 33.1 Å². The van der Waals surface area contributed by atoms with E-state index in [1.807, 2.05) is 23.7 Å². The predicted molar refractivity (Wildman–Crippen MR) is 77.4 cm³/mol. The topological polar surface area (TPSA) is 76.5 Å². The Morgan fingerprint density at radius 2 is 2.18 bits per heavy atom. The summed E-state index contributed by atoms with van der Waals surface area (Å²) in [5, 5.41) is 8.16. The van der Waals surface area contributed by atoms with Gasteiger partial charge in [0.15, 0.2) is 5.65 Å². The normalized spacial score (nSPS) is 14.4. The van der Waals surface area contributed by atoms with Gasteiger partial charge in [0.1, 0.15) is 11.3 Å². The average molecular weight is 297 g/mol. The van der Waals surface area contributed by atoms with Crippen molar-refractivity contribution in [2.24, 2.45) is 0 Å². The van der Waals surface area contributed by atoms with Gasteiger partial charge in [-0.25, -0.2) is 9.50 Å². The molecule has 3 aromatic rings. The molecule has 0 aromatic carbocycles. The van der Waals surface area contributed by atoms with Crippen molar-refractivity contribution >= 4 is 11.6 Å². The van der Waals surface area contributed by atoms with Crippen molar-refractivity contribution in [1.29, 1.82) is 0 Å². The number of fused-ring (bicyclic) bond motifs is 3. The number of amides is 1. The molecule has 0 saturated carbocycles. The summed E-state index contributed by atoms with van der Waals surface area (Å²) in [6.07, 6.45) is 4.07. The van der Waals surface area contributed by atoms with Gasteiger partial charge >= 0.3 is 0 Å². The molecule has 1 aliphatic rings. The summed E-state index contributed by atoms with van der Waals surface area (Å²) in [5.74, 6) is 0.494.